The van der Waals surface area contributed by atoms with Gasteiger partial charge in [-0.05, 0) is 6.92 Å². The smallest absolute Gasteiger partial charge is 0.291 e. The Hall–Kier alpha value is -1.00. The molecule has 1 aromatic heterocycles. The molecule has 2 heterocycles. The number of rotatable bonds is 5. The Balaban J connectivity index is 2.40. The summed E-state index contributed by atoms with van der Waals surface area (Å²) >= 11 is 0. The molecule has 0 amide bonds. The predicted molar refractivity (Wildman–Crippen MR) is 72.7 cm³/mol. The first-order valence-electron chi connectivity index (χ1n) is 6.47. The molecule has 0 aromatic carbocycles. The zero-order chi connectivity index (χ0) is 14.8. The maximum Gasteiger partial charge on any atom is 0.291 e. The van der Waals surface area contributed by atoms with Gasteiger partial charge in [0.05, 0.1) is 0 Å². The van der Waals surface area contributed by atoms with Crippen LogP contribution in [0.1, 0.15) is 18.4 Å². The van der Waals surface area contributed by atoms with Gasteiger partial charge in [0, 0.05) is 51.1 Å². The van der Waals surface area contributed by atoms with Crippen LogP contribution in [0.15, 0.2) is 6.20 Å². The zero-order valence-corrected chi connectivity index (χ0v) is 12.2. The lowest BCUT2D eigenvalue weighted by Gasteiger charge is -2.39. The van der Waals surface area contributed by atoms with Crippen LogP contribution in [-0.2, 0) is 21.4 Å². The molecule has 1 atom stereocenters. The van der Waals surface area contributed by atoms with Crippen LogP contribution in [0.4, 0.5) is 0 Å². The minimum Gasteiger partial charge on any atom is -0.396 e. The summed E-state index contributed by atoms with van der Waals surface area (Å²) in [5, 5.41) is 12.0. The minimum absolute atomic E-state index is 0.0577. The lowest BCUT2D eigenvalue weighted by atomic mass is 10.2. The molecule has 2 rings (SSSR count). The number of H-pyrrole nitrogens is 1. The highest BCUT2D eigenvalue weighted by Crippen LogP contribution is 2.31. The normalized spacial score (nSPS) is 20.8. The van der Waals surface area contributed by atoms with Crippen LogP contribution >= 0.6 is 0 Å². The number of aromatic nitrogens is 2. The summed E-state index contributed by atoms with van der Waals surface area (Å²) in [5.74, 6) is 0.172. The molecule has 0 bridgehead atoms. The van der Waals surface area contributed by atoms with Gasteiger partial charge in [-0.3, -0.25) is 9.45 Å². The van der Waals surface area contributed by atoms with Crippen molar-refractivity contribution in [2.45, 2.75) is 18.2 Å². The first kappa shape index (κ1) is 15.4. The van der Waals surface area contributed by atoms with Crippen molar-refractivity contribution in [3.8, 4) is 0 Å². The molecule has 1 unspecified atom stereocenters. The van der Waals surface area contributed by atoms with Crippen molar-refractivity contribution >= 4 is 10.1 Å². The average Bonchev–Trinajstić information content (AvgIpc) is 2.87. The monoisotopic (exact) mass is 304 g/mol. The third-order valence-corrected chi connectivity index (χ3v) is 5.13. The first-order valence-corrected chi connectivity index (χ1v) is 7.91. The summed E-state index contributed by atoms with van der Waals surface area (Å²) in [6.07, 6.45) is 1.84. The average molecular weight is 304 g/mol. The van der Waals surface area contributed by atoms with Crippen molar-refractivity contribution in [1.82, 2.24) is 20.2 Å². The molecular weight excluding hydrogens is 284 g/mol. The van der Waals surface area contributed by atoms with Gasteiger partial charge >= 0.3 is 0 Å². The van der Waals surface area contributed by atoms with E-state index < -0.39 is 15.0 Å². The summed E-state index contributed by atoms with van der Waals surface area (Å²) in [5.41, 5.74) is 0.632. The highest BCUT2D eigenvalue weighted by atomic mass is 32.2. The molecule has 0 aliphatic carbocycles. The van der Waals surface area contributed by atoms with E-state index in [2.05, 4.69) is 15.3 Å². The Morgan fingerprint density at radius 3 is 2.65 bits per heavy atom. The van der Waals surface area contributed by atoms with Gasteiger partial charge in [-0.1, -0.05) is 0 Å². The summed E-state index contributed by atoms with van der Waals surface area (Å²) in [6, 6.07) is 0. The van der Waals surface area contributed by atoms with E-state index in [1.165, 1.54) is 13.1 Å². The number of aromatic amines is 1. The summed E-state index contributed by atoms with van der Waals surface area (Å²) < 4.78 is 33.5. The number of nitrogens with zero attached hydrogens (tertiary/aromatic N) is 2. The predicted octanol–water partition coefficient (Wildman–Crippen LogP) is -1.09. The quantitative estimate of drug-likeness (QED) is 0.510. The van der Waals surface area contributed by atoms with Gasteiger partial charge in [0.1, 0.15) is 5.82 Å². The fraction of sp³-hybridized carbons (Fsp3) is 0.727. The molecule has 9 heteroatoms. The number of hydrogen-bond acceptors (Lipinski definition) is 6. The molecule has 0 spiro atoms. The van der Waals surface area contributed by atoms with E-state index >= 15 is 0 Å². The van der Waals surface area contributed by atoms with Crippen molar-refractivity contribution in [1.29, 1.82) is 0 Å². The molecule has 1 aliphatic heterocycles. The number of piperazine rings is 1. The Kier molecular flexibility index (Phi) is 4.45. The SMILES string of the molecule is CC(c1ncc(CCO)[nH]1)(N1CCNCC1)S(=O)(=O)O. The van der Waals surface area contributed by atoms with Crippen LogP contribution in [0.2, 0.25) is 0 Å². The molecule has 1 aliphatic rings. The van der Waals surface area contributed by atoms with E-state index in [4.69, 9.17) is 5.11 Å². The molecule has 1 saturated heterocycles. The van der Waals surface area contributed by atoms with Crippen molar-refractivity contribution in [2.75, 3.05) is 32.8 Å². The van der Waals surface area contributed by atoms with Crippen molar-refractivity contribution < 1.29 is 18.1 Å². The topological polar surface area (TPSA) is 119 Å². The van der Waals surface area contributed by atoms with E-state index in [1.807, 2.05) is 0 Å². The van der Waals surface area contributed by atoms with Gasteiger partial charge in [0.2, 0.25) is 4.87 Å². The molecule has 1 aromatic rings. The number of aliphatic hydroxyl groups is 1. The molecule has 0 radical (unpaired) electrons. The van der Waals surface area contributed by atoms with Crippen LogP contribution in [0.3, 0.4) is 0 Å². The summed E-state index contributed by atoms with van der Waals surface area (Å²) in [4.78, 5) is 7.04. The van der Waals surface area contributed by atoms with E-state index in [1.54, 1.807) is 4.90 Å². The van der Waals surface area contributed by atoms with Crippen molar-refractivity contribution in [2.24, 2.45) is 0 Å². The Morgan fingerprint density at radius 1 is 1.45 bits per heavy atom. The summed E-state index contributed by atoms with van der Waals surface area (Å²) in [7, 11) is -4.38. The van der Waals surface area contributed by atoms with Gasteiger partial charge in [-0.15, -0.1) is 0 Å². The van der Waals surface area contributed by atoms with Crippen LogP contribution in [-0.4, -0.2) is 65.7 Å². The second kappa shape index (κ2) is 5.78. The number of hydrogen-bond donors (Lipinski definition) is 4. The molecule has 20 heavy (non-hydrogen) atoms. The van der Waals surface area contributed by atoms with Gasteiger partial charge in [-0.2, -0.15) is 8.42 Å². The highest BCUT2D eigenvalue weighted by molar-refractivity contribution is 7.86. The maximum absolute atomic E-state index is 11.9. The molecule has 114 valence electrons. The Bertz CT molecular complexity index is 553. The van der Waals surface area contributed by atoms with Crippen LogP contribution < -0.4 is 5.32 Å². The fourth-order valence-electron chi connectivity index (χ4n) is 2.37. The van der Waals surface area contributed by atoms with Crippen LogP contribution in [0.5, 0.6) is 0 Å². The summed E-state index contributed by atoms with van der Waals surface area (Å²) in [6.45, 7) is 3.66. The molecule has 4 N–H and O–H groups in total. The van der Waals surface area contributed by atoms with E-state index in [0.717, 1.165) is 0 Å². The third kappa shape index (κ3) is 2.72. The van der Waals surface area contributed by atoms with Gasteiger partial charge < -0.3 is 15.4 Å². The Labute approximate surface area is 118 Å². The maximum atomic E-state index is 11.9. The number of nitrogens with one attached hydrogen (secondary N) is 2. The minimum atomic E-state index is -4.38. The highest BCUT2D eigenvalue weighted by Gasteiger charge is 2.48. The van der Waals surface area contributed by atoms with Crippen LogP contribution in [0, 0.1) is 0 Å². The first-order chi connectivity index (χ1) is 9.39. The van der Waals surface area contributed by atoms with Crippen molar-refractivity contribution in [3.63, 3.8) is 0 Å². The third-order valence-electron chi connectivity index (χ3n) is 3.67. The molecule has 0 saturated carbocycles. The Morgan fingerprint density at radius 2 is 2.10 bits per heavy atom. The molecule has 1 fully saturated rings. The largest absolute Gasteiger partial charge is 0.396 e. The fourth-order valence-corrected chi connectivity index (χ4v) is 3.23. The zero-order valence-electron chi connectivity index (χ0n) is 11.3. The van der Waals surface area contributed by atoms with Crippen molar-refractivity contribution in [3.05, 3.63) is 17.7 Å². The standard InChI is InChI=1S/C11H20N4O4S/c1-11(20(17,18)19,15-5-3-12-4-6-15)10-13-8-9(14-10)2-7-16/h8,12,16H,2-7H2,1H3,(H,13,14)(H,17,18,19). The molecular formula is C11H20N4O4S. The van der Waals surface area contributed by atoms with E-state index in [-0.39, 0.29) is 12.4 Å². The molecule has 8 nitrogen and oxygen atoms in total. The van der Waals surface area contributed by atoms with E-state index in [0.29, 0.717) is 38.3 Å². The van der Waals surface area contributed by atoms with Crippen LogP contribution in [0.25, 0.3) is 0 Å². The van der Waals surface area contributed by atoms with E-state index in [9.17, 15) is 13.0 Å². The lowest BCUT2D eigenvalue weighted by Crippen LogP contribution is -2.56. The number of aliphatic hydroxyl groups excluding tert-OH is 1. The van der Waals surface area contributed by atoms with Gasteiger partial charge in [-0.25, -0.2) is 4.98 Å². The second-order valence-corrected chi connectivity index (χ2v) is 6.67. The number of imidazole rings is 1. The van der Waals surface area contributed by atoms with Gasteiger partial charge in [0.15, 0.2) is 0 Å². The lowest BCUT2D eigenvalue weighted by molar-refractivity contribution is 0.135. The second-order valence-electron chi connectivity index (χ2n) is 4.93. The van der Waals surface area contributed by atoms with Gasteiger partial charge in [0.25, 0.3) is 10.1 Å².